The molecule has 1 aromatic carbocycles. The molecule has 0 bridgehead atoms. The summed E-state index contributed by atoms with van der Waals surface area (Å²) in [5, 5.41) is 0. The van der Waals surface area contributed by atoms with Crippen LogP contribution in [0.1, 0.15) is 37.3 Å². The highest BCUT2D eigenvalue weighted by Crippen LogP contribution is 2.20. The van der Waals surface area contributed by atoms with Crippen LogP contribution in [0.25, 0.3) is 0 Å². The van der Waals surface area contributed by atoms with Gasteiger partial charge in [-0.2, -0.15) is 0 Å². The van der Waals surface area contributed by atoms with E-state index in [1.807, 2.05) is 19.1 Å². The van der Waals surface area contributed by atoms with Crippen molar-refractivity contribution in [2.24, 2.45) is 4.99 Å². The fourth-order valence-corrected chi connectivity index (χ4v) is 2.45. The SMILES string of the molecule is C=C(F)C=C(C)CCC1=CCC=CC(c2ccccc2C)=N1. The van der Waals surface area contributed by atoms with Crippen molar-refractivity contribution < 1.29 is 4.39 Å². The molecule has 1 nitrogen and oxygen atoms in total. The Morgan fingerprint density at radius 3 is 2.86 bits per heavy atom. The predicted octanol–water partition coefficient (Wildman–Crippen LogP) is 5.84. The van der Waals surface area contributed by atoms with Crippen LogP contribution in [0.3, 0.4) is 0 Å². The normalized spacial score (nSPS) is 15.1. The van der Waals surface area contributed by atoms with Gasteiger partial charge >= 0.3 is 0 Å². The van der Waals surface area contributed by atoms with Crippen LogP contribution in [0, 0.1) is 6.92 Å². The highest BCUT2D eigenvalue weighted by molar-refractivity contribution is 6.10. The second-order valence-electron chi connectivity index (χ2n) is 5.58. The van der Waals surface area contributed by atoms with E-state index in [0.29, 0.717) is 0 Å². The van der Waals surface area contributed by atoms with Gasteiger partial charge in [0.2, 0.25) is 0 Å². The fraction of sp³-hybridized carbons (Fsp3) is 0.250. The quantitative estimate of drug-likeness (QED) is 0.605. The number of aliphatic imine (C=N–C) groups is 1. The molecule has 1 aromatic rings. The summed E-state index contributed by atoms with van der Waals surface area (Å²) in [7, 11) is 0. The third-order valence-electron chi connectivity index (χ3n) is 3.63. The number of allylic oxidation sites excluding steroid dienone is 7. The van der Waals surface area contributed by atoms with Gasteiger partial charge in [0.15, 0.2) is 0 Å². The number of hydrogen-bond donors (Lipinski definition) is 0. The number of hydrogen-bond acceptors (Lipinski definition) is 1. The summed E-state index contributed by atoms with van der Waals surface area (Å²) in [6, 6.07) is 8.26. The van der Waals surface area contributed by atoms with Crippen LogP contribution in [0.2, 0.25) is 0 Å². The second kappa shape index (κ2) is 7.69. The van der Waals surface area contributed by atoms with Gasteiger partial charge in [0.25, 0.3) is 0 Å². The molecule has 0 unspecified atom stereocenters. The van der Waals surface area contributed by atoms with Crippen molar-refractivity contribution in [3.8, 4) is 0 Å². The third-order valence-corrected chi connectivity index (χ3v) is 3.63. The van der Waals surface area contributed by atoms with Crippen LogP contribution in [-0.4, -0.2) is 5.71 Å². The van der Waals surface area contributed by atoms with E-state index in [0.717, 1.165) is 41.8 Å². The van der Waals surface area contributed by atoms with E-state index >= 15 is 0 Å². The van der Waals surface area contributed by atoms with E-state index in [2.05, 4.69) is 43.9 Å². The van der Waals surface area contributed by atoms with Crippen LogP contribution in [0.15, 0.2) is 77.2 Å². The molecule has 0 aromatic heterocycles. The maximum atomic E-state index is 12.8. The van der Waals surface area contributed by atoms with E-state index in [1.54, 1.807) is 0 Å². The van der Waals surface area contributed by atoms with Crippen molar-refractivity contribution in [2.45, 2.75) is 33.1 Å². The molecule has 1 aliphatic heterocycles. The molecule has 0 N–H and O–H groups in total. The zero-order chi connectivity index (χ0) is 15.9. The van der Waals surface area contributed by atoms with Gasteiger partial charge in [0.1, 0.15) is 5.83 Å². The third kappa shape index (κ3) is 4.66. The molecule has 0 radical (unpaired) electrons. The Bertz CT molecular complexity index is 675. The van der Waals surface area contributed by atoms with Gasteiger partial charge in [-0.05, 0) is 50.8 Å². The number of nitrogens with zero attached hydrogens (tertiary/aromatic N) is 1. The van der Waals surface area contributed by atoms with Crippen molar-refractivity contribution in [1.82, 2.24) is 0 Å². The summed E-state index contributed by atoms with van der Waals surface area (Å²) in [4.78, 5) is 4.81. The molecule has 0 spiro atoms. The number of aryl methyl sites for hydroxylation is 1. The Morgan fingerprint density at radius 2 is 2.14 bits per heavy atom. The maximum Gasteiger partial charge on any atom is 0.115 e. The first kappa shape index (κ1) is 16.2. The standard InChI is InChI=1S/C20H22FN/c1-15(14-17(3)21)12-13-18-9-5-7-11-20(22-18)19-10-6-4-8-16(19)2/h4,6-11,14H,3,5,12-13H2,1-2H3. The second-order valence-corrected chi connectivity index (χ2v) is 5.58. The fourth-order valence-electron chi connectivity index (χ4n) is 2.45. The molecule has 2 heteroatoms. The minimum absolute atomic E-state index is 0.391. The monoisotopic (exact) mass is 295 g/mol. The van der Waals surface area contributed by atoms with Crippen molar-refractivity contribution in [1.29, 1.82) is 0 Å². The van der Waals surface area contributed by atoms with Gasteiger partial charge in [0.05, 0.1) is 5.71 Å². The van der Waals surface area contributed by atoms with Crippen molar-refractivity contribution in [3.05, 3.63) is 83.4 Å². The summed E-state index contributed by atoms with van der Waals surface area (Å²) >= 11 is 0. The minimum atomic E-state index is -0.391. The van der Waals surface area contributed by atoms with Gasteiger partial charge in [0, 0.05) is 11.3 Å². The lowest BCUT2D eigenvalue weighted by Gasteiger charge is -2.07. The molecule has 0 fully saturated rings. The zero-order valence-electron chi connectivity index (χ0n) is 13.3. The van der Waals surface area contributed by atoms with Crippen molar-refractivity contribution in [2.75, 3.05) is 0 Å². The first-order valence-electron chi connectivity index (χ1n) is 7.58. The predicted molar refractivity (Wildman–Crippen MR) is 92.8 cm³/mol. The average Bonchev–Trinajstić information content (AvgIpc) is 2.70. The molecule has 0 aliphatic carbocycles. The lowest BCUT2D eigenvalue weighted by Crippen LogP contribution is -2.00. The Kier molecular flexibility index (Phi) is 5.65. The molecule has 114 valence electrons. The number of halogens is 1. The van der Waals surface area contributed by atoms with Gasteiger partial charge in [-0.15, -0.1) is 0 Å². The Hall–Kier alpha value is -2.22. The van der Waals surface area contributed by atoms with E-state index in [4.69, 9.17) is 4.99 Å². The molecule has 1 heterocycles. The molecule has 0 amide bonds. The minimum Gasteiger partial charge on any atom is -0.253 e. The zero-order valence-corrected chi connectivity index (χ0v) is 13.3. The largest absolute Gasteiger partial charge is 0.253 e. The van der Waals surface area contributed by atoms with E-state index < -0.39 is 5.83 Å². The molecule has 22 heavy (non-hydrogen) atoms. The summed E-state index contributed by atoms with van der Waals surface area (Å²) < 4.78 is 12.8. The van der Waals surface area contributed by atoms with Gasteiger partial charge < -0.3 is 0 Å². The maximum absolute atomic E-state index is 12.8. The molecular formula is C20H22FN. The molecule has 0 atom stereocenters. The lowest BCUT2D eigenvalue weighted by atomic mass is 10.0. The van der Waals surface area contributed by atoms with Crippen molar-refractivity contribution in [3.63, 3.8) is 0 Å². The Balaban J connectivity index is 2.16. The summed E-state index contributed by atoms with van der Waals surface area (Å²) in [6.07, 6.45) is 10.3. The number of benzene rings is 1. The van der Waals surface area contributed by atoms with E-state index in [-0.39, 0.29) is 0 Å². The summed E-state index contributed by atoms with van der Waals surface area (Å²) in [5.41, 5.74) is 5.42. The van der Waals surface area contributed by atoms with Crippen LogP contribution in [0.4, 0.5) is 4.39 Å². The van der Waals surface area contributed by atoms with Crippen LogP contribution >= 0.6 is 0 Å². The smallest absolute Gasteiger partial charge is 0.115 e. The highest BCUT2D eigenvalue weighted by Gasteiger charge is 2.07. The summed E-state index contributed by atoms with van der Waals surface area (Å²) in [5.74, 6) is -0.391. The first-order chi connectivity index (χ1) is 10.6. The highest BCUT2D eigenvalue weighted by atomic mass is 19.1. The molecule has 1 aliphatic rings. The van der Waals surface area contributed by atoms with Crippen LogP contribution < -0.4 is 0 Å². The number of rotatable bonds is 5. The first-order valence-corrected chi connectivity index (χ1v) is 7.58. The topological polar surface area (TPSA) is 12.4 Å². The molecule has 0 saturated heterocycles. The van der Waals surface area contributed by atoms with Crippen LogP contribution in [0.5, 0.6) is 0 Å². The lowest BCUT2D eigenvalue weighted by molar-refractivity contribution is 0.668. The van der Waals surface area contributed by atoms with Gasteiger partial charge in [-0.1, -0.05) is 48.6 Å². The van der Waals surface area contributed by atoms with Crippen LogP contribution in [-0.2, 0) is 0 Å². The summed E-state index contributed by atoms with van der Waals surface area (Å²) in [6.45, 7) is 7.29. The Morgan fingerprint density at radius 1 is 1.36 bits per heavy atom. The van der Waals surface area contributed by atoms with Crippen molar-refractivity contribution >= 4 is 5.71 Å². The van der Waals surface area contributed by atoms with E-state index in [9.17, 15) is 4.39 Å². The van der Waals surface area contributed by atoms with Gasteiger partial charge in [-0.25, -0.2) is 4.39 Å². The molecule has 2 rings (SSSR count). The molecular weight excluding hydrogens is 273 g/mol. The average molecular weight is 295 g/mol. The Labute approximate surface area is 132 Å². The van der Waals surface area contributed by atoms with Gasteiger partial charge in [-0.3, -0.25) is 4.99 Å². The molecule has 0 saturated carbocycles. The van der Waals surface area contributed by atoms with E-state index in [1.165, 1.54) is 11.6 Å².